The molecule has 3 amide bonds. The average molecular weight is 530 g/mol. The molecule has 0 aliphatic heterocycles. The van der Waals surface area contributed by atoms with E-state index in [1.807, 2.05) is 0 Å². The molecule has 10 heteroatoms. The highest BCUT2D eigenvalue weighted by Gasteiger charge is 2.19. The molecule has 0 aliphatic carbocycles. The Morgan fingerprint density at radius 1 is 0.846 bits per heavy atom. The van der Waals surface area contributed by atoms with Gasteiger partial charge in [-0.25, -0.2) is 9.87 Å². The number of amides is 3. The number of halogens is 1. The van der Waals surface area contributed by atoms with Crippen LogP contribution in [0.1, 0.15) is 28.9 Å². The number of anilines is 2. The molecule has 0 fully saturated rings. The summed E-state index contributed by atoms with van der Waals surface area (Å²) in [5.41, 5.74) is 9.75. The molecule has 1 atom stereocenters. The van der Waals surface area contributed by atoms with Gasteiger partial charge in [-0.3, -0.25) is 19.6 Å². The third-order valence-corrected chi connectivity index (χ3v) is 5.06. The van der Waals surface area contributed by atoms with Crippen molar-refractivity contribution < 1.29 is 24.0 Å². The Morgan fingerprint density at radius 3 is 1.92 bits per heavy atom. The number of hydroxylamine groups is 1. The van der Waals surface area contributed by atoms with E-state index in [0.29, 0.717) is 28.1 Å². The number of hydrogen-bond acceptors (Lipinski definition) is 6. The predicted molar refractivity (Wildman–Crippen MR) is 147 cm³/mol. The summed E-state index contributed by atoms with van der Waals surface area (Å²) in [5.74, 6) is 9.33. The first kappa shape index (κ1) is 30.1. The maximum Gasteiger partial charge on any atom is 0.267 e. The lowest BCUT2D eigenvalue weighted by Crippen LogP contribution is -2.50. The van der Waals surface area contributed by atoms with E-state index in [1.54, 1.807) is 60.7 Å². The van der Waals surface area contributed by atoms with Crippen LogP contribution in [0.4, 0.5) is 15.8 Å². The van der Waals surface area contributed by atoms with Crippen LogP contribution in [0.25, 0.3) is 0 Å². The molecule has 7 N–H and O–H groups in total. The van der Waals surface area contributed by atoms with Crippen molar-refractivity contribution in [3.63, 3.8) is 0 Å². The van der Waals surface area contributed by atoms with Gasteiger partial charge in [0.2, 0.25) is 5.91 Å². The molecule has 0 aliphatic rings. The van der Waals surface area contributed by atoms with Crippen molar-refractivity contribution in [1.82, 2.24) is 10.8 Å². The van der Waals surface area contributed by atoms with Crippen molar-refractivity contribution in [3.05, 3.63) is 95.3 Å². The maximum atomic E-state index is 12.9. The number of nitrogens with two attached hydrogens (primary N) is 1. The van der Waals surface area contributed by atoms with Crippen molar-refractivity contribution >= 4 is 29.1 Å². The number of benzene rings is 3. The quantitative estimate of drug-likeness (QED) is 0.150. The van der Waals surface area contributed by atoms with E-state index in [2.05, 4.69) is 39.6 Å². The minimum absolute atomic E-state index is 0. The van der Waals surface area contributed by atoms with Crippen LogP contribution in [0.15, 0.2) is 72.8 Å². The second-order valence-electron chi connectivity index (χ2n) is 7.80. The lowest BCUT2D eigenvalue weighted by molar-refractivity contribution is -0.130. The van der Waals surface area contributed by atoms with Crippen molar-refractivity contribution in [2.75, 3.05) is 23.7 Å². The SMILES string of the molecule is C.NC[C@H](NC(=O)c1ccc(C#CC#Cc2ccc(NC(=O)CNc3ccc(F)cc3)cc2)cc1)C(=O)NO. The number of nitrogens with one attached hydrogen (secondary N) is 4. The average Bonchev–Trinajstić information content (AvgIpc) is 2.94. The number of rotatable bonds is 8. The van der Waals surface area contributed by atoms with Crippen LogP contribution in [-0.4, -0.2) is 42.1 Å². The Labute approximate surface area is 226 Å². The van der Waals surface area contributed by atoms with E-state index in [0.717, 1.165) is 0 Å². The molecule has 39 heavy (non-hydrogen) atoms. The summed E-state index contributed by atoms with van der Waals surface area (Å²) in [6.07, 6.45) is 0. The highest BCUT2D eigenvalue weighted by molar-refractivity contribution is 5.97. The van der Waals surface area contributed by atoms with Gasteiger partial charge >= 0.3 is 0 Å². The van der Waals surface area contributed by atoms with Gasteiger partial charge in [0, 0.05) is 34.6 Å². The van der Waals surface area contributed by atoms with E-state index in [1.165, 1.54) is 17.6 Å². The van der Waals surface area contributed by atoms with E-state index < -0.39 is 17.9 Å². The first-order valence-electron chi connectivity index (χ1n) is 11.3. The molecule has 3 aromatic rings. The van der Waals surface area contributed by atoms with Crippen LogP contribution in [0.3, 0.4) is 0 Å². The van der Waals surface area contributed by atoms with Gasteiger partial charge in [-0.15, -0.1) is 0 Å². The summed E-state index contributed by atoms with van der Waals surface area (Å²) in [4.78, 5) is 35.8. The zero-order valence-electron chi connectivity index (χ0n) is 20.0. The van der Waals surface area contributed by atoms with Crippen LogP contribution < -0.4 is 27.2 Å². The second-order valence-corrected chi connectivity index (χ2v) is 7.80. The first-order valence-corrected chi connectivity index (χ1v) is 11.3. The van der Waals surface area contributed by atoms with Crippen LogP contribution in [0.2, 0.25) is 0 Å². The van der Waals surface area contributed by atoms with Crippen LogP contribution >= 0.6 is 0 Å². The molecule has 0 spiro atoms. The van der Waals surface area contributed by atoms with E-state index in [9.17, 15) is 18.8 Å². The number of carbonyl (C=O) groups excluding carboxylic acids is 3. The summed E-state index contributed by atoms with van der Waals surface area (Å²) >= 11 is 0. The largest absolute Gasteiger partial charge is 0.376 e. The van der Waals surface area contributed by atoms with Gasteiger partial charge in [0.25, 0.3) is 11.8 Å². The van der Waals surface area contributed by atoms with Crippen LogP contribution in [0, 0.1) is 29.5 Å². The summed E-state index contributed by atoms with van der Waals surface area (Å²) in [7, 11) is 0. The monoisotopic (exact) mass is 529 g/mol. The Morgan fingerprint density at radius 2 is 1.38 bits per heavy atom. The standard InChI is InChI=1S/C28H24FN5O4.CH4/c29-22-11-15-23(16-12-22)31-18-26(35)32-24-13-7-20(8-14-24)4-2-1-3-19-5-9-21(10-6-19)27(36)33-25(17-30)28(37)34-38;/h5-16,25,31,38H,17-18,30H2,(H,32,35)(H,33,36)(H,34,37);1H4/t25-;/m0./s1. The predicted octanol–water partition coefficient (Wildman–Crippen LogP) is 2.48. The molecule has 0 saturated carbocycles. The van der Waals surface area contributed by atoms with Gasteiger partial charge in [-0.2, -0.15) is 0 Å². The molecule has 3 rings (SSSR count). The summed E-state index contributed by atoms with van der Waals surface area (Å²) < 4.78 is 12.9. The van der Waals surface area contributed by atoms with E-state index in [4.69, 9.17) is 10.9 Å². The van der Waals surface area contributed by atoms with E-state index >= 15 is 0 Å². The zero-order valence-corrected chi connectivity index (χ0v) is 20.0. The van der Waals surface area contributed by atoms with Gasteiger partial charge in [0.1, 0.15) is 11.9 Å². The molecule has 0 radical (unpaired) electrons. The van der Waals surface area contributed by atoms with Gasteiger partial charge in [0.15, 0.2) is 0 Å². The minimum atomic E-state index is -1.06. The summed E-state index contributed by atoms with van der Waals surface area (Å²) in [6.45, 7) is -0.141. The van der Waals surface area contributed by atoms with Gasteiger partial charge < -0.3 is 21.7 Å². The third-order valence-electron chi connectivity index (χ3n) is 5.06. The van der Waals surface area contributed by atoms with Crippen LogP contribution in [-0.2, 0) is 9.59 Å². The van der Waals surface area contributed by atoms with E-state index in [-0.39, 0.29) is 32.2 Å². The molecule has 0 aromatic heterocycles. The zero-order chi connectivity index (χ0) is 27.3. The van der Waals surface area contributed by atoms with Gasteiger partial charge in [-0.1, -0.05) is 19.3 Å². The second kappa shape index (κ2) is 15.2. The fraction of sp³-hybridized carbons (Fsp3) is 0.138. The van der Waals surface area contributed by atoms with Crippen LogP contribution in [0.5, 0.6) is 0 Å². The third kappa shape index (κ3) is 9.67. The minimum Gasteiger partial charge on any atom is -0.376 e. The van der Waals surface area contributed by atoms with Crippen molar-refractivity contribution in [3.8, 4) is 23.7 Å². The van der Waals surface area contributed by atoms with Crippen molar-refractivity contribution in [2.24, 2.45) is 5.73 Å². The van der Waals surface area contributed by atoms with Crippen molar-refractivity contribution in [1.29, 1.82) is 0 Å². The Kier molecular flexibility index (Phi) is 11.7. The molecule has 0 saturated heterocycles. The fourth-order valence-corrected chi connectivity index (χ4v) is 3.05. The lowest BCUT2D eigenvalue weighted by atomic mass is 10.1. The van der Waals surface area contributed by atoms with Crippen molar-refractivity contribution in [2.45, 2.75) is 13.5 Å². The fourth-order valence-electron chi connectivity index (χ4n) is 3.05. The normalized spacial score (nSPS) is 10.2. The van der Waals surface area contributed by atoms with Gasteiger partial charge in [-0.05, 0) is 84.6 Å². The molecule has 3 aromatic carbocycles. The molecule has 0 unspecified atom stereocenters. The molecule has 9 nitrogen and oxygen atoms in total. The maximum absolute atomic E-state index is 12.9. The first-order chi connectivity index (χ1) is 18.4. The molecular formula is C29H28FN5O4. The smallest absolute Gasteiger partial charge is 0.267 e. The highest BCUT2D eigenvalue weighted by Crippen LogP contribution is 2.10. The molecular weight excluding hydrogens is 501 g/mol. The Balaban J connectivity index is 0.00000533. The topological polar surface area (TPSA) is 146 Å². The number of carbonyl (C=O) groups is 3. The summed E-state index contributed by atoms with van der Waals surface area (Å²) in [5, 5.41) is 16.8. The van der Waals surface area contributed by atoms with Gasteiger partial charge in [0.05, 0.1) is 6.54 Å². The number of hydrogen-bond donors (Lipinski definition) is 6. The molecule has 200 valence electrons. The lowest BCUT2D eigenvalue weighted by Gasteiger charge is -2.14. The Bertz CT molecular complexity index is 1400. The Hall–Kier alpha value is -5.16. The molecule has 0 heterocycles. The molecule has 0 bridgehead atoms. The summed E-state index contributed by atoms with van der Waals surface area (Å²) in [6, 6.07) is 17.9. The highest BCUT2D eigenvalue weighted by atomic mass is 19.1.